The molecule has 1 aromatic heterocycles. The Hall–Kier alpha value is -1.50. The Morgan fingerprint density at radius 2 is 2.37 bits per heavy atom. The highest BCUT2D eigenvalue weighted by Gasteiger charge is 2.33. The smallest absolute Gasteiger partial charge is 0.239 e. The van der Waals surface area contributed by atoms with E-state index in [1.165, 1.54) is 0 Å². The van der Waals surface area contributed by atoms with Crippen molar-refractivity contribution in [2.75, 3.05) is 33.4 Å². The first-order valence-corrected chi connectivity index (χ1v) is 6.43. The zero-order chi connectivity index (χ0) is 13.7. The molecule has 0 spiro atoms. The third-order valence-corrected chi connectivity index (χ3v) is 3.43. The van der Waals surface area contributed by atoms with Crippen LogP contribution in [0, 0.1) is 0 Å². The number of carbonyl (C=O) groups is 1. The summed E-state index contributed by atoms with van der Waals surface area (Å²) in [7, 11) is 1.64. The van der Waals surface area contributed by atoms with Crippen molar-refractivity contribution in [3.8, 4) is 0 Å². The zero-order valence-corrected chi connectivity index (χ0v) is 11.1. The molecular weight excluding hydrogens is 244 g/mol. The molecule has 0 aromatic carbocycles. The molecule has 6 nitrogen and oxygen atoms in total. The van der Waals surface area contributed by atoms with Crippen LogP contribution in [0.25, 0.3) is 0 Å². The quantitative estimate of drug-likeness (QED) is 0.768. The normalized spacial score (nSPS) is 21.9. The van der Waals surface area contributed by atoms with E-state index in [0.717, 1.165) is 5.56 Å². The fourth-order valence-electron chi connectivity index (χ4n) is 2.43. The lowest BCUT2D eigenvalue weighted by Gasteiger charge is -2.39. The van der Waals surface area contributed by atoms with Crippen LogP contribution in [-0.2, 0) is 9.53 Å². The summed E-state index contributed by atoms with van der Waals surface area (Å²) in [6.45, 7) is 2.18. The Kier molecular flexibility index (Phi) is 4.84. The van der Waals surface area contributed by atoms with E-state index in [-0.39, 0.29) is 18.0 Å². The van der Waals surface area contributed by atoms with Gasteiger partial charge in [0.2, 0.25) is 5.91 Å². The fourth-order valence-corrected chi connectivity index (χ4v) is 2.43. The molecule has 6 heteroatoms. The van der Waals surface area contributed by atoms with Crippen molar-refractivity contribution in [1.29, 1.82) is 0 Å². The van der Waals surface area contributed by atoms with Crippen LogP contribution in [0.3, 0.4) is 0 Å². The van der Waals surface area contributed by atoms with Crippen LogP contribution in [-0.4, -0.2) is 55.2 Å². The first-order valence-electron chi connectivity index (χ1n) is 6.43. The van der Waals surface area contributed by atoms with Crippen molar-refractivity contribution < 1.29 is 9.53 Å². The lowest BCUT2D eigenvalue weighted by molar-refractivity contribution is -0.134. The lowest BCUT2D eigenvalue weighted by atomic mass is 10.0. The van der Waals surface area contributed by atoms with Gasteiger partial charge in [-0.1, -0.05) is 0 Å². The molecule has 19 heavy (non-hydrogen) atoms. The van der Waals surface area contributed by atoms with Gasteiger partial charge in [0.15, 0.2) is 0 Å². The molecule has 1 aliphatic heterocycles. The van der Waals surface area contributed by atoms with Crippen LogP contribution in [0.1, 0.15) is 11.6 Å². The summed E-state index contributed by atoms with van der Waals surface area (Å²) in [6, 6.07) is 3.59. The molecule has 0 bridgehead atoms. The first-order chi connectivity index (χ1) is 9.27. The Bertz CT molecular complexity index is 412. The molecule has 0 saturated carbocycles. The van der Waals surface area contributed by atoms with Gasteiger partial charge in [0.25, 0.3) is 0 Å². The topological polar surface area (TPSA) is 80.5 Å². The van der Waals surface area contributed by atoms with E-state index in [0.29, 0.717) is 26.3 Å². The van der Waals surface area contributed by atoms with E-state index in [9.17, 15) is 4.79 Å². The maximum absolute atomic E-state index is 11.9. The van der Waals surface area contributed by atoms with Crippen LogP contribution in [0.4, 0.5) is 0 Å². The highest BCUT2D eigenvalue weighted by Crippen LogP contribution is 2.23. The minimum Gasteiger partial charge on any atom is -0.378 e. The monoisotopic (exact) mass is 264 g/mol. The van der Waals surface area contributed by atoms with Crippen LogP contribution >= 0.6 is 0 Å². The van der Waals surface area contributed by atoms with E-state index in [2.05, 4.69) is 15.2 Å². The number of carbonyl (C=O) groups excluding carboxylic acids is 1. The standard InChI is InChI=1S/C13H20N4O2/c1-15-13(18)12-9-19-7-6-17(12)11(8-14)10-2-4-16-5-3-10/h2-5,11-12H,6-9,14H2,1H3,(H,15,18). The summed E-state index contributed by atoms with van der Waals surface area (Å²) in [5.74, 6) is -0.0350. The summed E-state index contributed by atoms with van der Waals surface area (Å²) in [6.07, 6.45) is 3.49. The number of aromatic nitrogens is 1. The van der Waals surface area contributed by atoms with Crippen molar-refractivity contribution in [3.05, 3.63) is 30.1 Å². The van der Waals surface area contributed by atoms with Crippen molar-refractivity contribution in [1.82, 2.24) is 15.2 Å². The summed E-state index contributed by atoms with van der Waals surface area (Å²) < 4.78 is 5.41. The maximum Gasteiger partial charge on any atom is 0.239 e. The van der Waals surface area contributed by atoms with Gasteiger partial charge in [0.1, 0.15) is 6.04 Å². The summed E-state index contributed by atoms with van der Waals surface area (Å²) in [5, 5.41) is 2.68. The van der Waals surface area contributed by atoms with Gasteiger partial charge in [-0.3, -0.25) is 14.7 Å². The van der Waals surface area contributed by atoms with Crippen molar-refractivity contribution in [2.24, 2.45) is 5.73 Å². The van der Waals surface area contributed by atoms with Gasteiger partial charge >= 0.3 is 0 Å². The SMILES string of the molecule is CNC(=O)C1COCCN1C(CN)c1ccncc1. The highest BCUT2D eigenvalue weighted by molar-refractivity contribution is 5.81. The van der Waals surface area contributed by atoms with Crippen molar-refractivity contribution in [3.63, 3.8) is 0 Å². The van der Waals surface area contributed by atoms with Crippen molar-refractivity contribution in [2.45, 2.75) is 12.1 Å². The third-order valence-electron chi connectivity index (χ3n) is 3.43. The second-order valence-corrected chi connectivity index (χ2v) is 4.47. The average Bonchev–Trinajstić information content (AvgIpc) is 2.49. The lowest BCUT2D eigenvalue weighted by Crippen LogP contribution is -2.55. The Morgan fingerprint density at radius 3 is 3.00 bits per heavy atom. The predicted octanol–water partition coefficient (Wildman–Crippen LogP) is -0.472. The van der Waals surface area contributed by atoms with Gasteiger partial charge in [-0.25, -0.2) is 0 Å². The van der Waals surface area contributed by atoms with E-state index in [1.807, 2.05) is 12.1 Å². The molecule has 2 rings (SSSR count). The molecule has 3 N–H and O–H groups in total. The maximum atomic E-state index is 11.9. The van der Waals surface area contributed by atoms with Gasteiger partial charge < -0.3 is 15.8 Å². The number of hydrogen-bond donors (Lipinski definition) is 2. The molecule has 2 atom stereocenters. The summed E-state index contributed by atoms with van der Waals surface area (Å²) >= 11 is 0. The fraction of sp³-hybridized carbons (Fsp3) is 0.538. The van der Waals surface area contributed by atoms with Gasteiger partial charge in [-0.15, -0.1) is 0 Å². The average molecular weight is 264 g/mol. The van der Waals surface area contributed by atoms with E-state index in [4.69, 9.17) is 10.5 Å². The van der Waals surface area contributed by atoms with Gasteiger partial charge in [-0.05, 0) is 17.7 Å². The molecule has 2 heterocycles. The number of nitrogens with two attached hydrogens (primary N) is 1. The number of ether oxygens (including phenoxy) is 1. The van der Waals surface area contributed by atoms with Crippen LogP contribution in [0.15, 0.2) is 24.5 Å². The Balaban J connectivity index is 2.22. The van der Waals surface area contributed by atoms with Crippen LogP contribution in [0.2, 0.25) is 0 Å². The molecule has 1 fully saturated rings. The van der Waals surface area contributed by atoms with E-state index in [1.54, 1.807) is 19.4 Å². The molecule has 1 saturated heterocycles. The summed E-state index contributed by atoms with van der Waals surface area (Å²) in [4.78, 5) is 18.1. The number of likely N-dealkylation sites (N-methyl/N-ethyl adjacent to an activating group) is 1. The van der Waals surface area contributed by atoms with E-state index >= 15 is 0 Å². The Morgan fingerprint density at radius 1 is 1.63 bits per heavy atom. The molecule has 1 aliphatic rings. The molecule has 2 unspecified atom stereocenters. The zero-order valence-electron chi connectivity index (χ0n) is 11.1. The third kappa shape index (κ3) is 3.09. The first kappa shape index (κ1) is 13.9. The molecule has 0 radical (unpaired) electrons. The minimum absolute atomic E-state index is 0.00852. The number of morpholine rings is 1. The van der Waals surface area contributed by atoms with Gasteiger partial charge in [-0.2, -0.15) is 0 Å². The number of rotatable bonds is 4. The summed E-state index contributed by atoms with van der Waals surface area (Å²) in [5.41, 5.74) is 6.98. The molecule has 1 amide bonds. The largest absolute Gasteiger partial charge is 0.378 e. The number of hydrogen-bond acceptors (Lipinski definition) is 5. The number of nitrogens with zero attached hydrogens (tertiary/aromatic N) is 2. The number of nitrogens with one attached hydrogen (secondary N) is 1. The van der Waals surface area contributed by atoms with Gasteiger partial charge in [0.05, 0.1) is 13.2 Å². The van der Waals surface area contributed by atoms with E-state index < -0.39 is 0 Å². The van der Waals surface area contributed by atoms with Gasteiger partial charge in [0, 0.05) is 38.6 Å². The highest BCUT2D eigenvalue weighted by atomic mass is 16.5. The Labute approximate surface area is 112 Å². The second-order valence-electron chi connectivity index (χ2n) is 4.47. The molecule has 0 aliphatic carbocycles. The molecule has 104 valence electrons. The van der Waals surface area contributed by atoms with Crippen LogP contribution < -0.4 is 11.1 Å². The molecular formula is C13H20N4O2. The van der Waals surface area contributed by atoms with Crippen molar-refractivity contribution >= 4 is 5.91 Å². The second kappa shape index (κ2) is 6.60. The number of pyridine rings is 1. The molecule has 1 aromatic rings. The minimum atomic E-state index is -0.291. The van der Waals surface area contributed by atoms with Crippen LogP contribution in [0.5, 0.6) is 0 Å². The predicted molar refractivity (Wildman–Crippen MR) is 71.4 cm³/mol. The number of amides is 1.